The van der Waals surface area contributed by atoms with Crippen LogP contribution in [0.5, 0.6) is 0 Å². The van der Waals surface area contributed by atoms with Gasteiger partial charge in [0.05, 0.1) is 18.8 Å². The summed E-state index contributed by atoms with van der Waals surface area (Å²) in [6.45, 7) is 3.04. The lowest BCUT2D eigenvalue weighted by atomic mass is 10.0. The average Bonchev–Trinajstić information content (AvgIpc) is 3.30. The number of nitrogens with one attached hydrogen (secondary N) is 1. The summed E-state index contributed by atoms with van der Waals surface area (Å²) >= 11 is 0. The molecule has 144 valence electrons. The van der Waals surface area contributed by atoms with Crippen molar-refractivity contribution in [2.45, 2.75) is 6.04 Å². The highest BCUT2D eigenvalue weighted by atomic mass is 16.3. The molecule has 0 radical (unpaired) electrons. The first kappa shape index (κ1) is 18.2. The second-order valence-electron chi connectivity index (χ2n) is 6.66. The zero-order valence-electron chi connectivity index (χ0n) is 15.6. The third-order valence-corrected chi connectivity index (χ3v) is 4.89. The highest BCUT2D eigenvalue weighted by Gasteiger charge is 2.24. The molecule has 1 N–H and O–H groups in total. The van der Waals surface area contributed by atoms with E-state index in [1.807, 2.05) is 47.4 Å². The van der Waals surface area contributed by atoms with Gasteiger partial charge in [-0.25, -0.2) is 9.97 Å². The van der Waals surface area contributed by atoms with Crippen LogP contribution in [0.15, 0.2) is 71.6 Å². The summed E-state index contributed by atoms with van der Waals surface area (Å²) in [5.74, 6) is 1.60. The van der Waals surface area contributed by atoms with Gasteiger partial charge in [0.1, 0.15) is 5.76 Å². The van der Waals surface area contributed by atoms with Crippen LogP contribution in [-0.2, 0) is 4.79 Å². The van der Waals surface area contributed by atoms with Crippen molar-refractivity contribution in [1.82, 2.24) is 20.2 Å². The van der Waals surface area contributed by atoms with Crippen LogP contribution in [0.4, 0.5) is 5.95 Å². The number of hydrogen-bond donors (Lipinski definition) is 1. The van der Waals surface area contributed by atoms with Gasteiger partial charge in [0.25, 0.3) is 0 Å². The Morgan fingerprint density at radius 2 is 1.75 bits per heavy atom. The van der Waals surface area contributed by atoms with Crippen molar-refractivity contribution < 1.29 is 9.21 Å². The van der Waals surface area contributed by atoms with Crippen LogP contribution >= 0.6 is 0 Å². The van der Waals surface area contributed by atoms with E-state index in [0.717, 1.165) is 30.4 Å². The number of nitrogens with zero attached hydrogens (tertiary/aromatic N) is 4. The van der Waals surface area contributed by atoms with Crippen LogP contribution in [-0.4, -0.2) is 53.5 Å². The molecule has 1 aromatic carbocycles. The van der Waals surface area contributed by atoms with Gasteiger partial charge in [-0.2, -0.15) is 0 Å². The lowest BCUT2D eigenvalue weighted by Gasteiger charge is -2.35. The number of furan rings is 1. The summed E-state index contributed by atoms with van der Waals surface area (Å²) in [4.78, 5) is 25.3. The molecule has 1 fully saturated rings. The first-order valence-corrected chi connectivity index (χ1v) is 9.43. The molecule has 0 unspecified atom stereocenters. The SMILES string of the molecule is O=C(CN[C@H](c1ccccc1)c1ccco1)N1CCN(c2ncccn2)CC1. The number of rotatable bonds is 6. The summed E-state index contributed by atoms with van der Waals surface area (Å²) in [6.07, 6.45) is 5.13. The molecular weight excluding hydrogens is 354 g/mol. The van der Waals surface area contributed by atoms with Crippen molar-refractivity contribution in [2.75, 3.05) is 37.6 Å². The normalized spacial score (nSPS) is 15.4. The zero-order valence-corrected chi connectivity index (χ0v) is 15.6. The van der Waals surface area contributed by atoms with Crippen molar-refractivity contribution >= 4 is 11.9 Å². The van der Waals surface area contributed by atoms with E-state index in [9.17, 15) is 4.79 Å². The van der Waals surface area contributed by atoms with Crippen molar-refractivity contribution in [1.29, 1.82) is 0 Å². The molecule has 28 heavy (non-hydrogen) atoms. The van der Waals surface area contributed by atoms with E-state index < -0.39 is 0 Å². The minimum atomic E-state index is -0.154. The van der Waals surface area contributed by atoms with E-state index in [1.165, 1.54) is 0 Å². The number of benzene rings is 1. The van der Waals surface area contributed by atoms with Gasteiger partial charge in [0.15, 0.2) is 0 Å². The highest BCUT2D eigenvalue weighted by Crippen LogP contribution is 2.22. The molecule has 1 saturated heterocycles. The molecule has 0 aliphatic carbocycles. The van der Waals surface area contributed by atoms with E-state index >= 15 is 0 Å². The quantitative estimate of drug-likeness (QED) is 0.709. The minimum Gasteiger partial charge on any atom is -0.467 e. The topological polar surface area (TPSA) is 74.5 Å². The third kappa shape index (κ3) is 4.20. The molecule has 0 saturated carbocycles. The zero-order chi connectivity index (χ0) is 19.2. The van der Waals surface area contributed by atoms with Gasteiger partial charge in [-0.1, -0.05) is 30.3 Å². The standard InChI is InChI=1S/C21H23N5O2/c27-19(25-11-13-26(14-12-25)21-22-9-5-10-23-21)16-24-20(18-8-4-15-28-18)17-6-2-1-3-7-17/h1-10,15,20,24H,11-14,16H2/t20-/m1/s1. The second kappa shape index (κ2) is 8.67. The number of hydrogen-bond acceptors (Lipinski definition) is 6. The minimum absolute atomic E-state index is 0.0844. The van der Waals surface area contributed by atoms with E-state index in [0.29, 0.717) is 13.1 Å². The molecule has 1 amide bonds. The summed E-state index contributed by atoms with van der Waals surface area (Å²) in [7, 11) is 0. The van der Waals surface area contributed by atoms with Crippen LogP contribution in [0.1, 0.15) is 17.4 Å². The third-order valence-electron chi connectivity index (χ3n) is 4.89. The van der Waals surface area contributed by atoms with Crippen LogP contribution in [0.25, 0.3) is 0 Å². The molecule has 3 aromatic rings. The van der Waals surface area contributed by atoms with Gasteiger partial charge >= 0.3 is 0 Å². The van der Waals surface area contributed by atoms with Gasteiger partial charge in [-0.05, 0) is 23.8 Å². The Morgan fingerprint density at radius 3 is 2.43 bits per heavy atom. The van der Waals surface area contributed by atoms with Crippen molar-refractivity contribution in [3.63, 3.8) is 0 Å². The lowest BCUT2D eigenvalue weighted by molar-refractivity contribution is -0.130. The number of carbonyl (C=O) groups is 1. The van der Waals surface area contributed by atoms with Crippen molar-refractivity contribution in [3.8, 4) is 0 Å². The summed E-state index contributed by atoms with van der Waals surface area (Å²) < 4.78 is 5.58. The summed E-state index contributed by atoms with van der Waals surface area (Å²) in [6, 6.07) is 15.4. The lowest BCUT2D eigenvalue weighted by Crippen LogP contribution is -2.51. The fourth-order valence-electron chi connectivity index (χ4n) is 3.40. The van der Waals surface area contributed by atoms with Crippen LogP contribution < -0.4 is 10.2 Å². The fourth-order valence-corrected chi connectivity index (χ4v) is 3.40. The summed E-state index contributed by atoms with van der Waals surface area (Å²) in [5, 5.41) is 3.36. The molecule has 2 aromatic heterocycles. The Hall–Kier alpha value is -3.19. The Morgan fingerprint density at radius 1 is 1.00 bits per heavy atom. The first-order chi connectivity index (χ1) is 13.8. The Bertz CT molecular complexity index is 862. The number of anilines is 1. The number of amides is 1. The average molecular weight is 377 g/mol. The van der Waals surface area contributed by atoms with Gasteiger partial charge in [-0.15, -0.1) is 0 Å². The maximum atomic E-state index is 12.7. The maximum absolute atomic E-state index is 12.7. The highest BCUT2D eigenvalue weighted by molar-refractivity contribution is 5.78. The van der Waals surface area contributed by atoms with E-state index in [2.05, 4.69) is 20.2 Å². The van der Waals surface area contributed by atoms with Gasteiger partial charge in [-0.3, -0.25) is 10.1 Å². The number of piperazine rings is 1. The first-order valence-electron chi connectivity index (χ1n) is 9.43. The molecule has 7 nitrogen and oxygen atoms in total. The van der Waals surface area contributed by atoms with E-state index in [4.69, 9.17) is 4.42 Å². The monoisotopic (exact) mass is 377 g/mol. The van der Waals surface area contributed by atoms with Gasteiger partial charge in [0.2, 0.25) is 11.9 Å². The predicted molar refractivity (Wildman–Crippen MR) is 106 cm³/mol. The number of carbonyl (C=O) groups excluding carboxylic acids is 1. The van der Waals surface area contributed by atoms with E-state index in [-0.39, 0.29) is 18.5 Å². The summed E-state index contributed by atoms with van der Waals surface area (Å²) in [5.41, 5.74) is 1.07. The Kier molecular flexibility index (Phi) is 5.63. The molecule has 0 spiro atoms. The van der Waals surface area contributed by atoms with Crippen LogP contribution in [0, 0.1) is 0 Å². The Balaban J connectivity index is 1.34. The molecule has 0 bridgehead atoms. The smallest absolute Gasteiger partial charge is 0.236 e. The van der Waals surface area contributed by atoms with Gasteiger partial charge < -0.3 is 14.2 Å². The molecular formula is C21H23N5O2. The predicted octanol–water partition coefficient (Wildman–Crippen LogP) is 2.10. The fraction of sp³-hybridized carbons (Fsp3) is 0.286. The molecule has 1 atom stereocenters. The number of aromatic nitrogens is 2. The van der Waals surface area contributed by atoms with Crippen molar-refractivity contribution in [2.24, 2.45) is 0 Å². The molecule has 7 heteroatoms. The van der Waals surface area contributed by atoms with Crippen LogP contribution in [0.2, 0.25) is 0 Å². The van der Waals surface area contributed by atoms with Crippen LogP contribution in [0.3, 0.4) is 0 Å². The molecule has 3 heterocycles. The van der Waals surface area contributed by atoms with Crippen molar-refractivity contribution in [3.05, 3.63) is 78.5 Å². The Labute approximate surface area is 164 Å². The molecule has 1 aliphatic heterocycles. The second-order valence-corrected chi connectivity index (χ2v) is 6.66. The largest absolute Gasteiger partial charge is 0.467 e. The maximum Gasteiger partial charge on any atom is 0.236 e. The molecule has 4 rings (SSSR count). The van der Waals surface area contributed by atoms with E-state index in [1.54, 1.807) is 24.7 Å². The molecule has 1 aliphatic rings. The van der Waals surface area contributed by atoms with Gasteiger partial charge in [0, 0.05) is 38.6 Å².